The van der Waals surface area contributed by atoms with Gasteiger partial charge in [0.1, 0.15) is 5.01 Å². The largest absolute Gasteiger partial charge is 0.346 e. The fourth-order valence-corrected chi connectivity index (χ4v) is 4.45. The normalized spacial score (nSPS) is 17.9. The molecule has 2 atom stereocenters. The molecule has 6 nitrogen and oxygen atoms in total. The number of piperazine rings is 1. The summed E-state index contributed by atoms with van der Waals surface area (Å²) in [6.07, 6.45) is 0. The molecule has 3 aromatic rings. The van der Waals surface area contributed by atoms with Crippen molar-refractivity contribution >= 4 is 39.1 Å². The maximum absolute atomic E-state index is 12.5. The van der Waals surface area contributed by atoms with Gasteiger partial charge in [-0.3, -0.25) is 9.59 Å². The van der Waals surface area contributed by atoms with Crippen molar-refractivity contribution in [2.75, 3.05) is 25.0 Å². The van der Waals surface area contributed by atoms with Gasteiger partial charge in [0, 0.05) is 11.3 Å². The molecule has 1 fully saturated rings. The van der Waals surface area contributed by atoms with Crippen LogP contribution in [0, 0.1) is 6.92 Å². The Morgan fingerprint density at radius 3 is 2.79 bits per heavy atom. The van der Waals surface area contributed by atoms with Crippen molar-refractivity contribution in [3.8, 4) is 10.6 Å². The van der Waals surface area contributed by atoms with Gasteiger partial charge in [0.25, 0.3) is 11.8 Å². The van der Waals surface area contributed by atoms with E-state index in [-0.39, 0.29) is 17.9 Å². The molecule has 1 aromatic heterocycles. The monoisotopic (exact) mass is 395 g/mol. The highest BCUT2D eigenvalue weighted by Crippen LogP contribution is 2.31. The minimum absolute atomic E-state index is 0.00344. The number of hydrogen-bond acceptors (Lipinski definition) is 4. The van der Waals surface area contributed by atoms with Crippen molar-refractivity contribution in [2.45, 2.75) is 19.9 Å². The number of fused-ring (bicyclic) bond motifs is 1. The molecule has 0 aliphatic carbocycles. The molecule has 2 heterocycles. The number of hydrogen-bond donors (Lipinski definition) is 3. The molecule has 1 unspecified atom stereocenters. The van der Waals surface area contributed by atoms with Crippen LogP contribution in [0.25, 0.3) is 20.8 Å². The van der Waals surface area contributed by atoms with Gasteiger partial charge in [-0.2, -0.15) is 0 Å². The molecule has 28 heavy (non-hydrogen) atoms. The van der Waals surface area contributed by atoms with E-state index in [1.165, 1.54) is 10.3 Å². The SMILES string of the molecule is Cc1ccc2nc(-c3ccc(NC(=O)[C@H](C)[NH+]4CCNC(=O)C4)cc3)sc2c1. The number of carbonyl (C=O) groups excluding carboxylic acids is 2. The first kappa shape index (κ1) is 18.6. The lowest BCUT2D eigenvalue weighted by Crippen LogP contribution is -3.19. The molecule has 1 aliphatic rings. The molecule has 0 radical (unpaired) electrons. The van der Waals surface area contributed by atoms with Gasteiger partial charge < -0.3 is 15.5 Å². The van der Waals surface area contributed by atoms with Gasteiger partial charge in [-0.15, -0.1) is 11.3 Å². The van der Waals surface area contributed by atoms with Crippen LogP contribution in [0.1, 0.15) is 12.5 Å². The summed E-state index contributed by atoms with van der Waals surface area (Å²) in [7, 11) is 0. The first-order valence-corrected chi connectivity index (χ1v) is 10.2. The van der Waals surface area contributed by atoms with Crippen molar-refractivity contribution < 1.29 is 14.5 Å². The summed E-state index contributed by atoms with van der Waals surface area (Å²) < 4.78 is 1.18. The van der Waals surface area contributed by atoms with Crippen LogP contribution in [-0.2, 0) is 9.59 Å². The van der Waals surface area contributed by atoms with Gasteiger partial charge in [-0.1, -0.05) is 6.07 Å². The van der Waals surface area contributed by atoms with Crippen LogP contribution in [0.2, 0.25) is 0 Å². The van der Waals surface area contributed by atoms with Crippen molar-refractivity contribution in [3.63, 3.8) is 0 Å². The molecule has 1 saturated heterocycles. The van der Waals surface area contributed by atoms with Crippen LogP contribution in [0.15, 0.2) is 42.5 Å². The molecule has 3 N–H and O–H groups in total. The van der Waals surface area contributed by atoms with Crippen molar-refractivity contribution in [3.05, 3.63) is 48.0 Å². The standard InChI is InChI=1S/C21H22N4O2S/c1-13-3-8-17-18(11-13)28-21(24-17)15-4-6-16(7-5-15)23-20(27)14(2)25-10-9-22-19(26)12-25/h3-8,11,14H,9-10,12H2,1-2H3,(H,22,26)(H,23,27)/p+1/t14-/m0/s1. The first-order valence-electron chi connectivity index (χ1n) is 9.39. The molecular formula is C21H23N4O2S+. The number of aryl methyl sites for hydroxylation is 1. The second-order valence-corrected chi connectivity index (χ2v) is 8.24. The number of nitrogens with zero attached hydrogens (tertiary/aromatic N) is 1. The number of quaternary nitrogens is 1. The zero-order valence-electron chi connectivity index (χ0n) is 15.9. The van der Waals surface area contributed by atoms with Crippen LogP contribution in [-0.4, -0.2) is 42.5 Å². The average molecular weight is 396 g/mol. The summed E-state index contributed by atoms with van der Waals surface area (Å²) in [6.45, 7) is 5.65. The van der Waals surface area contributed by atoms with E-state index >= 15 is 0 Å². The van der Waals surface area contributed by atoms with E-state index in [2.05, 4.69) is 29.7 Å². The zero-order valence-corrected chi connectivity index (χ0v) is 16.7. The van der Waals surface area contributed by atoms with Gasteiger partial charge in [0.05, 0.1) is 23.3 Å². The maximum Gasteiger partial charge on any atom is 0.282 e. The minimum atomic E-state index is -0.279. The molecule has 0 spiro atoms. The van der Waals surface area contributed by atoms with E-state index in [0.29, 0.717) is 13.1 Å². The van der Waals surface area contributed by atoms with Crippen LogP contribution >= 0.6 is 11.3 Å². The summed E-state index contributed by atoms with van der Waals surface area (Å²) in [5, 5.41) is 6.72. The van der Waals surface area contributed by atoms with Gasteiger partial charge in [-0.25, -0.2) is 4.98 Å². The van der Waals surface area contributed by atoms with Gasteiger partial charge in [0.2, 0.25) is 0 Å². The highest BCUT2D eigenvalue weighted by Gasteiger charge is 2.29. The highest BCUT2D eigenvalue weighted by atomic mass is 32.1. The molecule has 7 heteroatoms. The fraction of sp³-hybridized carbons (Fsp3) is 0.286. The van der Waals surface area contributed by atoms with E-state index < -0.39 is 0 Å². The quantitative estimate of drug-likeness (QED) is 0.628. The van der Waals surface area contributed by atoms with Gasteiger partial charge in [0.15, 0.2) is 12.6 Å². The van der Waals surface area contributed by atoms with Crippen LogP contribution in [0.5, 0.6) is 0 Å². The number of amides is 2. The number of carbonyl (C=O) groups is 2. The minimum Gasteiger partial charge on any atom is -0.346 e. The van der Waals surface area contributed by atoms with E-state index in [1.807, 2.05) is 37.3 Å². The molecule has 0 bridgehead atoms. The van der Waals surface area contributed by atoms with Crippen molar-refractivity contribution in [2.24, 2.45) is 0 Å². The predicted octanol–water partition coefficient (Wildman–Crippen LogP) is 1.61. The number of rotatable bonds is 4. The Bertz CT molecular complexity index is 1030. The van der Waals surface area contributed by atoms with Gasteiger partial charge in [-0.05, 0) is 55.8 Å². The Balaban J connectivity index is 1.45. The second kappa shape index (κ2) is 7.69. The molecule has 4 rings (SSSR count). The summed E-state index contributed by atoms with van der Waals surface area (Å²) in [4.78, 5) is 29.8. The molecule has 2 amide bonds. The predicted molar refractivity (Wildman–Crippen MR) is 112 cm³/mol. The van der Waals surface area contributed by atoms with Gasteiger partial charge >= 0.3 is 0 Å². The third-order valence-electron chi connectivity index (χ3n) is 5.10. The Morgan fingerprint density at radius 1 is 1.25 bits per heavy atom. The Kier molecular flexibility index (Phi) is 5.11. The van der Waals surface area contributed by atoms with Crippen LogP contribution in [0.4, 0.5) is 5.69 Å². The fourth-order valence-electron chi connectivity index (χ4n) is 3.38. The summed E-state index contributed by atoms with van der Waals surface area (Å²) in [5.41, 5.74) is 4.01. The lowest BCUT2D eigenvalue weighted by atomic mass is 10.2. The third kappa shape index (κ3) is 3.90. The topological polar surface area (TPSA) is 75.5 Å². The lowest BCUT2D eigenvalue weighted by Gasteiger charge is -2.28. The molecule has 2 aromatic carbocycles. The number of thiazole rings is 1. The molecule has 144 valence electrons. The van der Waals surface area contributed by atoms with Crippen LogP contribution < -0.4 is 15.5 Å². The molecular weight excluding hydrogens is 372 g/mol. The summed E-state index contributed by atoms with van der Waals surface area (Å²) in [5.74, 6) is -0.0795. The van der Waals surface area contributed by atoms with Crippen LogP contribution in [0.3, 0.4) is 0 Å². The number of nitrogens with one attached hydrogen (secondary N) is 3. The zero-order chi connectivity index (χ0) is 19.7. The van der Waals surface area contributed by atoms with Crippen molar-refractivity contribution in [1.82, 2.24) is 10.3 Å². The highest BCUT2D eigenvalue weighted by molar-refractivity contribution is 7.21. The third-order valence-corrected chi connectivity index (χ3v) is 6.17. The lowest BCUT2D eigenvalue weighted by molar-refractivity contribution is -0.907. The Morgan fingerprint density at radius 2 is 2.04 bits per heavy atom. The average Bonchev–Trinajstić information content (AvgIpc) is 3.11. The van der Waals surface area contributed by atoms with E-state index in [1.54, 1.807) is 11.3 Å². The summed E-state index contributed by atoms with van der Waals surface area (Å²) in [6, 6.07) is 13.7. The number of aromatic nitrogens is 1. The summed E-state index contributed by atoms with van der Waals surface area (Å²) >= 11 is 1.67. The van der Waals surface area contributed by atoms with E-state index in [4.69, 9.17) is 4.98 Å². The van der Waals surface area contributed by atoms with E-state index in [9.17, 15) is 9.59 Å². The molecule has 1 aliphatic heterocycles. The Labute approximate surface area is 167 Å². The second-order valence-electron chi connectivity index (χ2n) is 7.21. The Hall–Kier alpha value is -2.77. The number of benzene rings is 2. The van der Waals surface area contributed by atoms with E-state index in [0.717, 1.165) is 33.2 Å². The number of anilines is 1. The molecule has 0 saturated carbocycles. The first-order chi connectivity index (χ1) is 13.5. The van der Waals surface area contributed by atoms with Crippen molar-refractivity contribution in [1.29, 1.82) is 0 Å². The maximum atomic E-state index is 12.5. The smallest absolute Gasteiger partial charge is 0.282 e.